The molecule has 21 aromatic rings. The van der Waals surface area contributed by atoms with Gasteiger partial charge in [0.15, 0.2) is 0 Å². The molecular weight excluding hydrogens is 1580 g/mol. The van der Waals surface area contributed by atoms with Crippen LogP contribution >= 0.6 is 23.5 Å². The van der Waals surface area contributed by atoms with E-state index in [-0.39, 0.29) is 0 Å². The zero-order chi connectivity index (χ0) is 88.4. The average Bonchev–Trinajstić information content (AvgIpc) is 1.62. The number of aryl methyl sites for hydroxylation is 10. The van der Waals surface area contributed by atoms with Crippen molar-refractivity contribution in [2.24, 2.45) is 7.05 Å². The number of nitrogens with zero attached hydrogens (tertiary/aromatic N) is 7. The summed E-state index contributed by atoms with van der Waals surface area (Å²) < 4.78 is 43.6. The van der Waals surface area contributed by atoms with E-state index in [9.17, 15) is 8.78 Å². The first-order chi connectivity index (χ1) is 61.4. The number of benzene rings is 18. The highest BCUT2D eigenvalue weighted by Crippen LogP contribution is 2.36. The molecule has 0 spiro atoms. The molecule has 0 amide bonds. The van der Waals surface area contributed by atoms with Crippen molar-refractivity contribution in [2.75, 3.05) is 16.8 Å². The summed E-state index contributed by atoms with van der Waals surface area (Å²) in [5.41, 5.74) is 28.4. The maximum absolute atomic E-state index is 12.2. The molecule has 0 N–H and O–H groups in total. The Morgan fingerprint density at radius 2 is 0.595 bits per heavy atom. The Morgan fingerprint density at radius 3 is 1.04 bits per heavy atom. The third-order valence-electron chi connectivity index (χ3n) is 21.0. The van der Waals surface area contributed by atoms with Crippen molar-refractivity contribution >= 4 is 117 Å². The molecule has 21 rings (SSSR count). The standard InChI is InChI=1S/C19H17N.C15H12.C13H10N2S.C13H11N.C13H13N.C13H12.C8H10.C7H6F2.C7H6N2S.C7H8/c1-16-12-14-19(15-13-16)20(17-8-4-2-5-9-17)18-10-6-3-7-11-18;1-11-14-8-4-2-6-12(14)10-13-7-3-5-9-15(11)13;1-9-7-8-11(10-5-3-2-4-6-10)13-12(9)14-16-15-13;1-14-12-8-4-2-6-10(12)11-7-3-5-9-13(11)14;1-14(12-8-4-2-5-9-12)13-10-6-3-7-11-13;1-11-7-9-13(10-8-11)12-5-3-2-4-6-12;1-7-3-5-8(2)6-4-7;1-5-2-6(8)4-7(9)3-5;1-5-3-2-4-6-7(5)9-10-8-6;1-7-5-3-2-4-6-7/h2-15H,1H3;2-10H,1H3;2-8H,1H3;2-9H,1H3;2-11H,1H3;2-10H,1H3;3-6H,1-2H3;2-4H,1H3;2-4H,1H3;2-6H,1H3. The van der Waals surface area contributed by atoms with Gasteiger partial charge in [-0.3, -0.25) is 0 Å². The number of halogens is 2. The van der Waals surface area contributed by atoms with Crippen LogP contribution in [-0.2, 0) is 7.05 Å². The maximum Gasteiger partial charge on any atom is 0.126 e. The number of rotatable bonds is 7. The first kappa shape index (κ1) is 90.6. The Kier molecular flexibility index (Phi) is 33.5. The second-order valence-electron chi connectivity index (χ2n) is 30.6. The van der Waals surface area contributed by atoms with Gasteiger partial charge in [-0.25, -0.2) is 8.78 Å². The molecule has 0 saturated heterocycles. The molecule has 11 heteroatoms. The molecule has 0 aliphatic carbocycles. The van der Waals surface area contributed by atoms with Crippen LogP contribution in [-0.4, -0.2) is 29.1 Å². The van der Waals surface area contributed by atoms with Gasteiger partial charge in [-0.1, -0.05) is 361 Å². The van der Waals surface area contributed by atoms with Gasteiger partial charge in [0.1, 0.15) is 33.7 Å². The number of anilines is 5. The van der Waals surface area contributed by atoms with Crippen LogP contribution in [0.25, 0.3) is 87.7 Å². The summed E-state index contributed by atoms with van der Waals surface area (Å²) in [6.07, 6.45) is 0. The third-order valence-corrected chi connectivity index (χ3v) is 22.1. The van der Waals surface area contributed by atoms with Gasteiger partial charge in [0.05, 0.1) is 23.5 Å². The highest BCUT2D eigenvalue weighted by atomic mass is 32.1. The van der Waals surface area contributed by atoms with Crippen molar-refractivity contribution in [1.29, 1.82) is 0 Å². The highest BCUT2D eigenvalue weighted by Gasteiger charge is 2.13. The molecule has 626 valence electrons. The number of hydrogen-bond donors (Lipinski definition) is 0. The van der Waals surface area contributed by atoms with Crippen molar-refractivity contribution < 1.29 is 8.78 Å². The molecule has 0 bridgehead atoms. The van der Waals surface area contributed by atoms with Gasteiger partial charge in [-0.05, 0) is 220 Å². The van der Waals surface area contributed by atoms with E-state index in [0.29, 0.717) is 5.56 Å². The van der Waals surface area contributed by atoms with Crippen LogP contribution in [0.4, 0.5) is 37.2 Å². The molecule has 0 saturated carbocycles. The first-order valence-corrected chi connectivity index (χ1v) is 43.5. The summed E-state index contributed by atoms with van der Waals surface area (Å²) >= 11 is 2.54. The van der Waals surface area contributed by atoms with Gasteiger partial charge in [0.25, 0.3) is 0 Å². The zero-order valence-electron chi connectivity index (χ0n) is 73.3. The lowest BCUT2D eigenvalue weighted by atomic mass is 9.98. The summed E-state index contributed by atoms with van der Waals surface area (Å²) in [5, 5.41) is 8.05. The third kappa shape index (κ3) is 26.0. The lowest BCUT2D eigenvalue weighted by molar-refractivity contribution is 0.581. The summed E-state index contributed by atoms with van der Waals surface area (Å²) in [6, 6.07) is 148. The van der Waals surface area contributed by atoms with E-state index in [1.165, 1.54) is 169 Å². The van der Waals surface area contributed by atoms with Crippen LogP contribution in [0.15, 0.2) is 437 Å². The van der Waals surface area contributed by atoms with E-state index < -0.39 is 11.6 Å². The normalized spacial score (nSPS) is 10.3. The Morgan fingerprint density at radius 1 is 0.254 bits per heavy atom. The van der Waals surface area contributed by atoms with Crippen molar-refractivity contribution in [3.05, 3.63) is 498 Å². The molecular formula is C115H105F2N7S2. The van der Waals surface area contributed by atoms with Gasteiger partial charge in [0, 0.05) is 76.0 Å². The molecule has 0 unspecified atom stereocenters. The lowest BCUT2D eigenvalue weighted by Gasteiger charge is -2.25. The van der Waals surface area contributed by atoms with Crippen molar-refractivity contribution in [3.63, 3.8) is 0 Å². The molecule has 3 heterocycles. The molecule has 0 aliphatic heterocycles. The lowest BCUT2D eigenvalue weighted by Crippen LogP contribution is -2.09. The monoisotopic (exact) mass is 1690 g/mol. The molecule has 7 nitrogen and oxygen atoms in total. The first-order valence-electron chi connectivity index (χ1n) is 42.1. The van der Waals surface area contributed by atoms with Crippen molar-refractivity contribution in [1.82, 2.24) is 22.1 Å². The maximum atomic E-state index is 12.2. The number of hydrogen-bond acceptors (Lipinski definition) is 8. The second kappa shape index (κ2) is 46.6. The molecule has 126 heavy (non-hydrogen) atoms. The summed E-state index contributed by atoms with van der Waals surface area (Å²) in [4.78, 5) is 4.43. The quantitative estimate of drug-likeness (QED) is 0.148. The van der Waals surface area contributed by atoms with E-state index in [0.717, 1.165) is 33.7 Å². The van der Waals surface area contributed by atoms with E-state index in [1.807, 2.05) is 91.9 Å². The minimum Gasteiger partial charge on any atom is -0.345 e. The van der Waals surface area contributed by atoms with E-state index in [4.69, 9.17) is 0 Å². The Hall–Kier alpha value is -14.6. The Bertz CT molecular complexity index is 6580. The smallest absolute Gasteiger partial charge is 0.126 e. The van der Waals surface area contributed by atoms with Crippen LogP contribution in [0.1, 0.15) is 50.1 Å². The second-order valence-corrected chi connectivity index (χ2v) is 31.6. The zero-order valence-corrected chi connectivity index (χ0v) is 74.9. The van der Waals surface area contributed by atoms with Crippen LogP contribution in [0, 0.1) is 73.9 Å². The van der Waals surface area contributed by atoms with Crippen LogP contribution in [0.2, 0.25) is 0 Å². The molecule has 0 fully saturated rings. The topological polar surface area (TPSA) is 63.0 Å². The fraction of sp³-hybridized carbons (Fsp3) is 0.0957. The minimum absolute atomic E-state index is 0.521. The SMILES string of the molecule is CN(c1ccccc1)c1ccccc1.Cc1c2ccccc2cc2ccccc12.Cc1cc(F)cc(F)c1.Cc1ccc(-c2ccccc2)c2nsnc12.Cc1ccc(-c2ccccc2)cc1.Cc1ccc(C)cc1.Cc1ccc(N(c2ccccc2)c2ccccc2)cc1.Cc1cccc2nsnc12.Cc1ccccc1.Cn1c2ccccc2c2ccccc21. The van der Waals surface area contributed by atoms with E-state index in [1.54, 1.807) is 6.92 Å². The fourth-order valence-electron chi connectivity index (χ4n) is 14.1. The predicted octanol–water partition coefficient (Wildman–Crippen LogP) is 32.5. The molecule has 0 atom stereocenters. The van der Waals surface area contributed by atoms with E-state index in [2.05, 4.69) is 428 Å². The van der Waals surface area contributed by atoms with Crippen LogP contribution < -0.4 is 9.80 Å². The molecule has 0 aliphatic rings. The molecule has 18 aromatic carbocycles. The number of para-hydroxylation sites is 6. The van der Waals surface area contributed by atoms with Gasteiger partial charge < -0.3 is 14.4 Å². The van der Waals surface area contributed by atoms with Crippen LogP contribution in [0.5, 0.6) is 0 Å². The number of aromatic nitrogens is 5. The summed E-state index contributed by atoms with van der Waals surface area (Å²) in [6.45, 7) is 18.5. The molecule has 0 radical (unpaired) electrons. The van der Waals surface area contributed by atoms with Gasteiger partial charge in [0.2, 0.25) is 0 Å². The van der Waals surface area contributed by atoms with E-state index >= 15 is 0 Å². The van der Waals surface area contributed by atoms with Crippen molar-refractivity contribution in [2.45, 2.75) is 62.3 Å². The van der Waals surface area contributed by atoms with Crippen molar-refractivity contribution in [3.8, 4) is 22.3 Å². The fourth-order valence-corrected chi connectivity index (χ4v) is 15.3. The van der Waals surface area contributed by atoms with Gasteiger partial charge in [-0.15, -0.1) is 0 Å². The molecule has 3 aromatic heterocycles. The van der Waals surface area contributed by atoms with Gasteiger partial charge >= 0.3 is 0 Å². The summed E-state index contributed by atoms with van der Waals surface area (Å²) in [5.74, 6) is -1.04. The Balaban J connectivity index is 0.000000129. The minimum atomic E-state index is -0.521. The largest absolute Gasteiger partial charge is 0.345 e. The average molecular weight is 1690 g/mol. The predicted molar refractivity (Wildman–Crippen MR) is 538 cm³/mol. The van der Waals surface area contributed by atoms with Gasteiger partial charge in [-0.2, -0.15) is 17.5 Å². The highest BCUT2D eigenvalue weighted by molar-refractivity contribution is 7.00. The van der Waals surface area contributed by atoms with Crippen LogP contribution in [0.3, 0.4) is 0 Å². The Labute approximate surface area is 749 Å². The summed E-state index contributed by atoms with van der Waals surface area (Å²) in [7, 11) is 4.19. The number of fused-ring (bicyclic) bond motifs is 7.